The number of aliphatic carboxylic acids is 1. The molecule has 2 heterocycles. The van der Waals surface area contributed by atoms with E-state index in [9.17, 15) is 19.5 Å². The van der Waals surface area contributed by atoms with Crippen LogP contribution in [0.15, 0.2) is 41.1 Å². The molecule has 7 nitrogen and oxygen atoms in total. The molecule has 3 rings (SSSR count). The van der Waals surface area contributed by atoms with E-state index in [0.717, 1.165) is 4.90 Å². The number of nitrogens with zero attached hydrogens (tertiary/aromatic N) is 2. The number of carbonyl (C=O) groups excluding carboxylic acids is 2. The van der Waals surface area contributed by atoms with E-state index in [1.807, 2.05) is 0 Å². The van der Waals surface area contributed by atoms with Gasteiger partial charge in [-0.25, -0.2) is 4.79 Å². The zero-order chi connectivity index (χ0) is 17.4. The van der Waals surface area contributed by atoms with Gasteiger partial charge in [-0.15, -0.1) is 11.8 Å². The fourth-order valence-electron chi connectivity index (χ4n) is 2.81. The number of hydrogen-bond donors (Lipinski definition) is 2. The number of β-lactam (4-membered cyclic amide) rings is 1. The summed E-state index contributed by atoms with van der Waals surface area (Å²) in [7, 11) is 0. The van der Waals surface area contributed by atoms with Gasteiger partial charge in [0.2, 0.25) is 5.91 Å². The van der Waals surface area contributed by atoms with Gasteiger partial charge in [0.15, 0.2) is 0 Å². The summed E-state index contributed by atoms with van der Waals surface area (Å²) in [4.78, 5) is 38.8. The summed E-state index contributed by atoms with van der Waals surface area (Å²) in [6, 6.07) is 7.91. The normalized spacial score (nSPS) is 22.8. The van der Waals surface area contributed by atoms with Gasteiger partial charge in [-0.2, -0.15) is 0 Å². The Kier molecular flexibility index (Phi) is 4.53. The number of nitrogens with two attached hydrogens (primary N) is 1. The summed E-state index contributed by atoms with van der Waals surface area (Å²) in [5, 5.41) is 8.92. The van der Waals surface area contributed by atoms with Crippen molar-refractivity contribution in [2.45, 2.75) is 11.4 Å². The van der Waals surface area contributed by atoms with Gasteiger partial charge in [-0.1, -0.05) is 29.8 Å². The maximum Gasteiger partial charge on any atom is 0.353 e. The largest absolute Gasteiger partial charge is 0.477 e. The molecule has 0 spiro atoms. The van der Waals surface area contributed by atoms with E-state index in [4.69, 9.17) is 17.3 Å². The van der Waals surface area contributed by atoms with Crippen LogP contribution in [0.25, 0.3) is 0 Å². The predicted octanol–water partition coefficient (Wildman–Crippen LogP) is 0.797. The Morgan fingerprint density at radius 3 is 2.62 bits per heavy atom. The van der Waals surface area contributed by atoms with Crippen LogP contribution in [-0.4, -0.2) is 51.5 Å². The predicted molar refractivity (Wildman–Crippen MR) is 90.4 cm³/mol. The number of hydrogen-bond acceptors (Lipinski definition) is 5. The Bertz CT molecular complexity index is 739. The minimum absolute atomic E-state index is 0.118. The lowest BCUT2D eigenvalue weighted by Crippen LogP contribution is -2.72. The van der Waals surface area contributed by atoms with Crippen LogP contribution in [0.5, 0.6) is 0 Å². The molecule has 2 aliphatic heterocycles. The van der Waals surface area contributed by atoms with Crippen molar-refractivity contribution in [1.82, 2.24) is 4.90 Å². The first kappa shape index (κ1) is 16.8. The minimum atomic E-state index is -1.26. The van der Waals surface area contributed by atoms with Crippen LogP contribution in [0.1, 0.15) is 0 Å². The van der Waals surface area contributed by atoms with Gasteiger partial charge in [0, 0.05) is 11.4 Å². The van der Waals surface area contributed by atoms with Gasteiger partial charge in [0.25, 0.3) is 5.91 Å². The van der Waals surface area contributed by atoms with Crippen molar-refractivity contribution < 1.29 is 19.5 Å². The van der Waals surface area contributed by atoms with E-state index in [0.29, 0.717) is 5.69 Å². The first-order valence-electron chi connectivity index (χ1n) is 7.11. The van der Waals surface area contributed by atoms with Crippen LogP contribution < -0.4 is 10.6 Å². The van der Waals surface area contributed by atoms with E-state index in [2.05, 4.69) is 0 Å². The number of carbonyl (C=O) groups is 3. The lowest BCUT2D eigenvalue weighted by molar-refractivity contribution is -0.148. The highest BCUT2D eigenvalue weighted by Gasteiger charge is 2.57. The number of carboxylic acids is 1. The van der Waals surface area contributed by atoms with Gasteiger partial charge in [0.05, 0.1) is 11.6 Å². The third-order valence-corrected chi connectivity index (χ3v) is 5.59. The van der Waals surface area contributed by atoms with Crippen LogP contribution in [0.4, 0.5) is 5.69 Å². The van der Waals surface area contributed by atoms with Gasteiger partial charge < -0.3 is 10.8 Å². The first-order valence-corrected chi connectivity index (χ1v) is 8.53. The van der Waals surface area contributed by atoms with E-state index < -0.39 is 29.2 Å². The van der Waals surface area contributed by atoms with Crippen molar-refractivity contribution in [3.8, 4) is 0 Å². The van der Waals surface area contributed by atoms with E-state index >= 15 is 0 Å². The highest BCUT2D eigenvalue weighted by molar-refractivity contribution is 8.00. The molecule has 0 saturated carbocycles. The molecule has 126 valence electrons. The van der Waals surface area contributed by atoms with Crippen molar-refractivity contribution >= 4 is 46.8 Å². The maximum absolute atomic E-state index is 12.6. The standard InChI is InChI=1S/C15H14ClN3O4S/c16-9-7-24-14-12(13(21)19(14)11(9)15(22)23)18(10(20)6-17)8-4-2-1-3-5-8/h1-5,12,14H,6-7,17H2,(H,22,23)/t12-,14-/m0/s1. The molecular weight excluding hydrogens is 354 g/mol. The molecule has 1 aromatic carbocycles. The molecule has 2 amide bonds. The van der Waals surface area contributed by atoms with Gasteiger partial charge in [-0.05, 0) is 12.1 Å². The van der Waals surface area contributed by atoms with Gasteiger partial charge >= 0.3 is 5.97 Å². The van der Waals surface area contributed by atoms with Crippen LogP contribution in [0, 0.1) is 0 Å². The fraction of sp³-hybridized carbons (Fsp3) is 0.267. The van der Waals surface area contributed by atoms with Crippen molar-refractivity contribution in [2.75, 3.05) is 17.2 Å². The average Bonchev–Trinajstić information content (AvgIpc) is 2.59. The molecule has 3 N–H and O–H groups in total. The zero-order valence-electron chi connectivity index (χ0n) is 12.4. The molecule has 0 unspecified atom stereocenters. The zero-order valence-corrected chi connectivity index (χ0v) is 14.0. The third-order valence-electron chi connectivity index (χ3n) is 3.85. The summed E-state index contributed by atoms with van der Waals surface area (Å²) in [5.74, 6) is -1.87. The number of benzene rings is 1. The van der Waals surface area contributed by atoms with E-state index in [1.54, 1.807) is 30.3 Å². The molecule has 9 heteroatoms. The number of halogens is 1. The minimum Gasteiger partial charge on any atom is -0.477 e. The van der Waals surface area contributed by atoms with Crippen LogP contribution in [-0.2, 0) is 14.4 Å². The number of para-hydroxylation sites is 1. The quantitative estimate of drug-likeness (QED) is 0.763. The second-order valence-electron chi connectivity index (χ2n) is 5.22. The molecule has 1 aromatic rings. The van der Waals surface area contributed by atoms with E-state index in [-0.39, 0.29) is 23.0 Å². The Labute approximate surface area is 147 Å². The number of thioether (sulfide) groups is 1. The van der Waals surface area contributed by atoms with E-state index in [1.165, 1.54) is 16.7 Å². The molecular formula is C15H14ClN3O4S. The van der Waals surface area contributed by atoms with Crippen LogP contribution in [0.2, 0.25) is 0 Å². The van der Waals surface area contributed by atoms with Gasteiger partial charge in [-0.3, -0.25) is 19.4 Å². The lowest BCUT2D eigenvalue weighted by atomic mass is 10.0. The highest BCUT2D eigenvalue weighted by Crippen LogP contribution is 2.44. The number of anilines is 1. The molecule has 1 fully saturated rings. The molecule has 2 aliphatic rings. The van der Waals surface area contributed by atoms with Crippen molar-refractivity contribution in [1.29, 1.82) is 0 Å². The third kappa shape index (κ3) is 2.56. The van der Waals surface area contributed by atoms with Crippen LogP contribution >= 0.6 is 23.4 Å². The Morgan fingerprint density at radius 2 is 2.04 bits per heavy atom. The van der Waals surface area contributed by atoms with Crippen molar-refractivity contribution in [3.63, 3.8) is 0 Å². The molecule has 0 aliphatic carbocycles. The van der Waals surface area contributed by atoms with Crippen molar-refractivity contribution in [2.24, 2.45) is 5.73 Å². The second kappa shape index (κ2) is 6.46. The molecule has 1 saturated heterocycles. The smallest absolute Gasteiger partial charge is 0.353 e. The first-order chi connectivity index (χ1) is 11.5. The summed E-state index contributed by atoms with van der Waals surface area (Å²) in [6.45, 7) is -0.252. The highest BCUT2D eigenvalue weighted by atomic mass is 35.5. The van der Waals surface area contributed by atoms with Crippen molar-refractivity contribution in [3.05, 3.63) is 41.1 Å². The molecule has 0 aromatic heterocycles. The number of fused-ring (bicyclic) bond motifs is 1. The molecule has 0 radical (unpaired) electrons. The van der Waals surface area contributed by atoms with Gasteiger partial charge in [0.1, 0.15) is 17.1 Å². The second-order valence-corrected chi connectivity index (χ2v) is 6.78. The average molecular weight is 368 g/mol. The molecule has 2 atom stereocenters. The Morgan fingerprint density at radius 1 is 1.38 bits per heavy atom. The topological polar surface area (TPSA) is 104 Å². The fourth-order valence-corrected chi connectivity index (χ4v) is 4.41. The Hall–Kier alpha value is -2.03. The van der Waals surface area contributed by atoms with Crippen LogP contribution in [0.3, 0.4) is 0 Å². The molecule has 0 bridgehead atoms. The number of carboxylic acid groups (broad SMARTS) is 1. The molecule has 24 heavy (non-hydrogen) atoms. The number of amides is 2. The Balaban J connectivity index is 1.97. The maximum atomic E-state index is 12.6. The SMILES string of the molecule is NCC(=O)N(c1ccccc1)[C@H]1C(=O)N2C(C(=O)O)=C(Cl)CS[C@@H]12. The lowest BCUT2D eigenvalue weighted by Gasteiger charge is -2.52. The summed E-state index contributed by atoms with van der Waals surface area (Å²) in [6.07, 6.45) is 0. The summed E-state index contributed by atoms with van der Waals surface area (Å²) >= 11 is 7.28. The monoisotopic (exact) mass is 367 g/mol. The number of rotatable bonds is 4. The summed E-state index contributed by atoms with van der Waals surface area (Å²) < 4.78 is 0. The summed E-state index contributed by atoms with van der Waals surface area (Å²) in [5.41, 5.74) is 5.82.